The van der Waals surface area contributed by atoms with E-state index >= 15 is 0 Å². The van der Waals surface area contributed by atoms with E-state index in [9.17, 15) is 4.79 Å². The highest BCUT2D eigenvalue weighted by Crippen LogP contribution is 2.60. The molecule has 2 fully saturated rings. The minimum Gasteiger partial charge on any atom is -0.481 e. The van der Waals surface area contributed by atoms with Gasteiger partial charge in [-0.2, -0.15) is 0 Å². The van der Waals surface area contributed by atoms with Crippen molar-refractivity contribution >= 4 is 5.97 Å². The summed E-state index contributed by atoms with van der Waals surface area (Å²) in [6.07, 6.45) is 8.08. The number of hydrogen-bond donors (Lipinski definition) is 1. The van der Waals surface area contributed by atoms with Gasteiger partial charge in [-0.15, -0.1) is 0 Å². The zero-order valence-electron chi connectivity index (χ0n) is 11.5. The SMILES string of the molecule is CC1(CC(=O)O)CCC2CCCCC2C1(C)C. The number of aliphatic carboxylic acids is 1. The Balaban J connectivity index is 2.23. The second-order valence-electron chi connectivity index (χ2n) is 7.04. The summed E-state index contributed by atoms with van der Waals surface area (Å²) in [5.74, 6) is 0.977. The van der Waals surface area contributed by atoms with Gasteiger partial charge in [0, 0.05) is 0 Å². The van der Waals surface area contributed by atoms with Gasteiger partial charge in [-0.1, -0.05) is 40.0 Å². The Kier molecular flexibility index (Phi) is 3.26. The van der Waals surface area contributed by atoms with Crippen molar-refractivity contribution in [3.63, 3.8) is 0 Å². The topological polar surface area (TPSA) is 37.3 Å². The van der Waals surface area contributed by atoms with Crippen molar-refractivity contribution in [1.82, 2.24) is 0 Å². The molecular formula is C15H26O2. The van der Waals surface area contributed by atoms with Crippen LogP contribution in [0.25, 0.3) is 0 Å². The normalized spacial score (nSPS) is 40.6. The fraction of sp³-hybridized carbons (Fsp3) is 0.933. The molecule has 17 heavy (non-hydrogen) atoms. The van der Waals surface area contributed by atoms with Gasteiger partial charge in [0.2, 0.25) is 0 Å². The highest BCUT2D eigenvalue weighted by atomic mass is 16.4. The minimum atomic E-state index is -0.630. The number of carboxylic acid groups (broad SMARTS) is 1. The van der Waals surface area contributed by atoms with Gasteiger partial charge in [0.25, 0.3) is 0 Å². The van der Waals surface area contributed by atoms with E-state index in [4.69, 9.17) is 5.11 Å². The molecule has 0 aromatic rings. The predicted octanol–water partition coefficient (Wildman–Crippen LogP) is 4.09. The van der Waals surface area contributed by atoms with E-state index in [1.54, 1.807) is 0 Å². The van der Waals surface area contributed by atoms with Gasteiger partial charge in [-0.05, 0) is 41.9 Å². The molecule has 0 aliphatic heterocycles. The van der Waals surface area contributed by atoms with Crippen LogP contribution in [0.15, 0.2) is 0 Å². The maximum Gasteiger partial charge on any atom is 0.303 e. The molecule has 2 heteroatoms. The third-order valence-electron chi connectivity index (χ3n) is 6.00. The summed E-state index contributed by atoms with van der Waals surface area (Å²) in [5, 5.41) is 9.16. The van der Waals surface area contributed by atoms with Crippen LogP contribution < -0.4 is 0 Å². The molecule has 0 spiro atoms. The maximum atomic E-state index is 11.1. The molecule has 0 saturated heterocycles. The molecule has 2 saturated carbocycles. The predicted molar refractivity (Wildman–Crippen MR) is 68.8 cm³/mol. The standard InChI is InChI=1S/C15H26O2/c1-14(2)12-7-5-4-6-11(12)8-9-15(14,3)10-13(16)17/h11-12H,4-10H2,1-3H3,(H,16,17). The Hall–Kier alpha value is -0.530. The van der Waals surface area contributed by atoms with Crippen molar-refractivity contribution in [2.45, 2.75) is 65.7 Å². The first kappa shape index (κ1) is 12.9. The summed E-state index contributed by atoms with van der Waals surface area (Å²) >= 11 is 0. The third kappa shape index (κ3) is 2.11. The summed E-state index contributed by atoms with van der Waals surface area (Å²) in [7, 11) is 0. The average Bonchev–Trinajstić information content (AvgIpc) is 2.24. The lowest BCUT2D eigenvalue weighted by atomic mass is 9.48. The number of carbonyl (C=O) groups is 1. The van der Waals surface area contributed by atoms with Gasteiger partial charge in [-0.25, -0.2) is 0 Å². The quantitative estimate of drug-likeness (QED) is 0.786. The van der Waals surface area contributed by atoms with Crippen molar-refractivity contribution in [3.8, 4) is 0 Å². The Labute approximate surface area is 105 Å². The van der Waals surface area contributed by atoms with E-state index in [1.165, 1.54) is 32.1 Å². The molecule has 0 bridgehead atoms. The van der Waals surface area contributed by atoms with Gasteiger partial charge in [0.1, 0.15) is 0 Å². The number of carboxylic acids is 1. The second-order valence-corrected chi connectivity index (χ2v) is 7.04. The van der Waals surface area contributed by atoms with Crippen molar-refractivity contribution in [2.24, 2.45) is 22.7 Å². The monoisotopic (exact) mass is 238 g/mol. The lowest BCUT2D eigenvalue weighted by Gasteiger charge is -2.57. The Morgan fingerprint density at radius 1 is 1.18 bits per heavy atom. The fourth-order valence-electron chi connectivity index (χ4n) is 4.43. The van der Waals surface area contributed by atoms with Crippen LogP contribution in [0.1, 0.15) is 65.7 Å². The second kappa shape index (κ2) is 4.29. The molecular weight excluding hydrogens is 212 g/mol. The summed E-state index contributed by atoms with van der Waals surface area (Å²) in [4.78, 5) is 11.1. The summed E-state index contributed by atoms with van der Waals surface area (Å²) in [6.45, 7) is 6.84. The van der Waals surface area contributed by atoms with E-state index < -0.39 is 5.97 Å². The molecule has 0 aromatic heterocycles. The molecule has 2 aliphatic carbocycles. The Morgan fingerprint density at radius 3 is 2.47 bits per heavy atom. The van der Waals surface area contributed by atoms with E-state index in [-0.39, 0.29) is 10.8 Å². The summed E-state index contributed by atoms with van der Waals surface area (Å²) in [6, 6.07) is 0. The van der Waals surface area contributed by atoms with Crippen LogP contribution in [0.4, 0.5) is 0 Å². The highest BCUT2D eigenvalue weighted by molar-refractivity contribution is 5.67. The molecule has 2 nitrogen and oxygen atoms in total. The number of rotatable bonds is 2. The first-order chi connectivity index (χ1) is 7.87. The first-order valence-electron chi connectivity index (χ1n) is 7.09. The zero-order valence-corrected chi connectivity index (χ0v) is 11.5. The summed E-state index contributed by atoms with van der Waals surface area (Å²) < 4.78 is 0. The van der Waals surface area contributed by atoms with Crippen LogP contribution in [0.3, 0.4) is 0 Å². The van der Waals surface area contributed by atoms with Gasteiger partial charge in [0.05, 0.1) is 6.42 Å². The molecule has 98 valence electrons. The maximum absolute atomic E-state index is 11.1. The summed E-state index contributed by atoms with van der Waals surface area (Å²) in [5.41, 5.74) is 0.159. The molecule has 0 heterocycles. The van der Waals surface area contributed by atoms with Gasteiger partial charge >= 0.3 is 5.97 Å². The Bertz CT molecular complexity index is 308. The van der Waals surface area contributed by atoms with E-state index in [0.29, 0.717) is 6.42 Å². The van der Waals surface area contributed by atoms with Crippen molar-refractivity contribution in [2.75, 3.05) is 0 Å². The van der Waals surface area contributed by atoms with Crippen molar-refractivity contribution < 1.29 is 9.90 Å². The zero-order chi connectivity index (χ0) is 12.7. The number of fused-ring (bicyclic) bond motifs is 1. The molecule has 0 radical (unpaired) electrons. The van der Waals surface area contributed by atoms with Gasteiger partial charge in [-0.3, -0.25) is 4.79 Å². The lowest BCUT2D eigenvalue weighted by molar-refractivity contribution is -0.148. The molecule has 1 N–H and O–H groups in total. The van der Waals surface area contributed by atoms with Crippen LogP contribution in [0.5, 0.6) is 0 Å². The van der Waals surface area contributed by atoms with Crippen LogP contribution in [-0.2, 0) is 4.79 Å². The van der Waals surface area contributed by atoms with E-state index in [0.717, 1.165) is 18.3 Å². The smallest absolute Gasteiger partial charge is 0.303 e. The van der Waals surface area contributed by atoms with Crippen LogP contribution in [0.2, 0.25) is 0 Å². The fourth-order valence-corrected chi connectivity index (χ4v) is 4.43. The molecule has 2 rings (SSSR count). The Morgan fingerprint density at radius 2 is 1.82 bits per heavy atom. The van der Waals surface area contributed by atoms with Crippen molar-refractivity contribution in [1.29, 1.82) is 0 Å². The lowest BCUT2D eigenvalue weighted by Crippen LogP contribution is -2.50. The van der Waals surface area contributed by atoms with Crippen LogP contribution in [0, 0.1) is 22.7 Å². The molecule has 3 atom stereocenters. The minimum absolute atomic E-state index is 0.0165. The van der Waals surface area contributed by atoms with Crippen LogP contribution >= 0.6 is 0 Å². The van der Waals surface area contributed by atoms with Crippen LogP contribution in [-0.4, -0.2) is 11.1 Å². The van der Waals surface area contributed by atoms with Gasteiger partial charge < -0.3 is 5.11 Å². The third-order valence-corrected chi connectivity index (χ3v) is 6.00. The molecule has 0 amide bonds. The van der Waals surface area contributed by atoms with Crippen molar-refractivity contribution in [3.05, 3.63) is 0 Å². The van der Waals surface area contributed by atoms with Gasteiger partial charge in [0.15, 0.2) is 0 Å². The molecule has 2 aliphatic rings. The number of hydrogen-bond acceptors (Lipinski definition) is 1. The molecule has 0 aromatic carbocycles. The highest BCUT2D eigenvalue weighted by Gasteiger charge is 2.52. The largest absolute Gasteiger partial charge is 0.481 e. The first-order valence-corrected chi connectivity index (χ1v) is 7.09. The van der Waals surface area contributed by atoms with E-state index in [1.807, 2.05) is 0 Å². The average molecular weight is 238 g/mol. The molecule has 3 unspecified atom stereocenters. The van der Waals surface area contributed by atoms with E-state index in [2.05, 4.69) is 20.8 Å².